The van der Waals surface area contributed by atoms with E-state index in [1.54, 1.807) is 0 Å². The van der Waals surface area contributed by atoms with Crippen molar-refractivity contribution >= 4 is 43.6 Å². The number of hydrogen-bond acceptors (Lipinski definition) is 2. The van der Waals surface area contributed by atoms with Crippen LogP contribution in [0.5, 0.6) is 0 Å². The van der Waals surface area contributed by atoms with Gasteiger partial charge in [-0.15, -0.1) is 0 Å². The van der Waals surface area contributed by atoms with E-state index < -0.39 is 163 Å². The molecule has 0 unspecified atom stereocenters. The first-order valence-electron chi connectivity index (χ1n) is 24.8. The summed E-state index contributed by atoms with van der Waals surface area (Å²) in [5.41, 5.74) is -24.2. The number of benzene rings is 7. The lowest BCUT2D eigenvalue weighted by atomic mass is 9.89. The van der Waals surface area contributed by atoms with E-state index in [-0.39, 0.29) is 67.1 Å². The lowest BCUT2D eigenvalue weighted by molar-refractivity contribution is -0.150. The lowest BCUT2D eigenvalue weighted by Gasteiger charge is -2.22. The van der Waals surface area contributed by atoms with Crippen molar-refractivity contribution in [1.29, 1.82) is 0 Å². The lowest BCUT2D eigenvalue weighted by Crippen LogP contribution is -2.18. The normalized spacial score (nSPS) is 13.5. The second-order valence-corrected chi connectivity index (χ2v) is 19.8. The summed E-state index contributed by atoms with van der Waals surface area (Å²) in [7, 11) is 0. The van der Waals surface area contributed by atoms with Crippen LogP contribution in [0.1, 0.15) is 44.5 Å². The van der Waals surface area contributed by atoms with Gasteiger partial charge in [-0.2, -0.15) is 105 Å². The standard InChI is InChI=1S/C60H26F24N4/c61-53(62,63)31-19-43(57(73,74)75)51(44(20-31)58(76,77)78)27-1-7-33(8-2-27)87-47-11-5-29(17-37(47)39-25-85-15-13-49(39)87)35-23-42(56(70,71)72)36(24-41(35)55(67,68)69)30-6-12-48-38(18-30)40-26-86-16-14-50(40)88(48)34-9-3-28(4-10-34)52-45(59(79,80)81)21-32(54(64,65)66)22-46(52)60(82,83)84/h1-26H. The molecule has 4 aromatic heterocycles. The molecule has 4 heterocycles. The zero-order valence-electron chi connectivity index (χ0n) is 42.9. The minimum atomic E-state index is -5.74. The molecule has 11 aromatic rings. The molecule has 4 nitrogen and oxygen atoms in total. The Morgan fingerprint density at radius 2 is 0.523 bits per heavy atom. The highest BCUT2D eigenvalue weighted by molar-refractivity contribution is 6.11. The van der Waals surface area contributed by atoms with Gasteiger partial charge in [-0.05, 0) is 130 Å². The second-order valence-electron chi connectivity index (χ2n) is 19.8. The summed E-state index contributed by atoms with van der Waals surface area (Å²) >= 11 is 0. The van der Waals surface area contributed by atoms with Crippen molar-refractivity contribution in [3.63, 3.8) is 0 Å². The molecule has 0 spiro atoms. The van der Waals surface area contributed by atoms with Crippen LogP contribution in [-0.2, 0) is 49.4 Å². The Morgan fingerprint density at radius 3 is 0.795 bits per heavy atom. The molecule has 0 radical (unpaired) electrons. The predicted molar refractivity (Wildman–Crippen MR) is 272 cm³/mol. The van der Waals surface area contributed by atoms with Gasteiger partial charge in [0.25, 0.3) is 0 Å². The third-order valence-corrected chi connectivity index (χ3v) is 14.5. The fraction of sp³-hybridized carbons (Fsp3) is 0.133. The van der Waals surface area contributed by atoms with Gasteiger partial charge < -0.3 is 9.13 Å². The average Bonchev–Trinajstić information content (AvgIpc) is 1.38. The molecule has 0 fully saturated rings. The summed E-state index contributed by atoms with van der Waals surface area (Å²) in [4.78, 5) is 8.06. The van der Waals surface area contributed by atoms with E-state index in [4.69, 9.17) is 0 Å². The molecule has 0 saturated carbocycles. The van der Waals surface area contributed by atoms with Gasteiger partial charge in [0.05, 0.1) is 66.6 Å². The first-order chi connectivity index (χ1) is 40.7. The van der Waals surface area contributed by atoms with Crippen molar-refractivity contribution < 1.29 is 105 Å². The first-order valence-corrected chi connectivity index (χ1v) is 24.8. The van der Waals surface area contributed by atoms with Crippen molar-refractivity contribution in [2.45, 2.75) is 49.4 Å². The molecule has 0 aliphatic carbocycles. The van der Waals surface area contributed by atoms with Gasteiger partial charge in [0.15, 0.2) is 0 Å². The van der Waals surface area contributed by atoms with E-state index in [1.807, 2.05) is 0 Å². The molecule has 11 rings (SSSR count). The second kappa shape index (κ2) is 20.2. The molecule has 0 bridgehead atoms. The number of fused-ring (bicyclic) bond motifs is 6. The molecule has 0 atom stereocenters. The Labute approximate surface area is 475 Å². The predicted octanol–water partition coefficient (Wildman–Crippen LogP) is 21.5. The van der Waals surface area contributed by atoms with Gasteiger partial charge in [-0.3, -0.25) is 9.97 Å². The Balaban J connectivity index is 1.02. The van der Waals surface area contributed by atoms with Gasteiger partial charge in [0.2, 0.25) is 0 Å². The SMILES string of the molecule is FC(F)(F)c1cc(C(F)(F)F)c(-c2ccc(-n3c4ccncc4c4cc(-c5cc(C(F)(F)F)c(-c6ccc7c(c6)c6cnccc6n7-c6ccc(-c7c(C(F)(F)F)cc(C(F)(F)F)cc7C(F)(F)F)cc6)cc5C(F)(F)F)ccc43)cc2)c(C(F)(F)F)c1. The van der Waals surface area contributed by atoms with Gasteiger partial charge >= 0.3 is 49.4 Å². The van der Waals surface area contributed by atoms with E-state index in [0.717, 1.165) is 72.8 Å². The number of alkyl halides is 24. The average molecular weight is 1260 g/mol. The Morgan fingerprint density at radius 1 is 0.250 bits per heavy atom. The highest BCUT2D eigenvalue weighted by Gasteiger charge is 2.48. The van der Waals surface area contributed by atoms with Crippen molar-refractivity contribution in [2.24, 2.45) is 0 Å². The van der Waals surface area contributed by atoms with E-state index in [9.17, 15) is 79.0 Å². The maximum Gasteiger partial charge on any atom is 0.417 e. The molecule has 454 valence electrons. The summed E-state index contributed by atoms with van der Waals surface area (Å²) < 4.78 is 349. The van der Waals surface area contributed by atoms with Gasteiger partial charge in [-0.1, -0.05) is 36.4 Å². The minimum Gasteiger partial charge on any atom is -0.309 e. The van der Waals surface area contributed by atoms with Crippen LogP contribution in [0.2, 0.25) is 0 Å². The monoisotopic (exact) mass is 1260 g/mol. The fourth-order valence-electron chi connectivity index (χ4n) is 10.9. The van der Waals surface area contributed by atoms with Crippen LogP contribution in [-0.4, -0.2) is 19.1 Å². The number of pyridine rings is 2. The zero-order chi connectivity index (χ0) is 64.0. The molecule has 28 heteroatoms. The quantitative estimate of drug-likeness (QED) is 0.156. The summed E-state index contributed by atoms with van der Waals surface area (Å²) in [6.45, 7) is 0. The summed E-state index contributed by atoms with van der Waals surface area (Å²) in [6, 6.07) is 14.9. The van der Waals surface area contributed by atoms with Gasteiger partial charge in [0.1, 0.15) is 0 Å². The molecular weight excluding hydrogens is 1230 g/mol. The van der Waals surface area contributed by atoms with Crippen LogP contribution in [0.3, 0.4) is 0 Å². The third kappa shape index (κ3) is 10.7. The van der Waals surface area contributed by atoms with Gasteiger partial charge in [-0.25, -0.2) is 0 Å². The summed E-state index contributed by atoms with van der Waals surface area (Å²) in [5.74, 6) is 0. The largest absolute Gasteiger partial charge is 0.417 e. The topological polar surface area (TPSA) is 35.6 Å². The molecule has 88 heavy (non-hydrogen) atoms. The van der Waals surface area contributed by atoms with Crippen LogP contribution < -0.4 is 0 Å². The van der Waals surface area contributed by atoms with Crippen molar-refractivity contribution in [3.8, 4) is 55.9 Å². The fourth-order valence-corrected chi connectivity index (χ4v) is 10.9. The van der Waals surface area contributed by atoms with Crippen LogP contribution in [0, 0.1) is 0 Å². The Kier molecular flexibility index (Phi) is 13.8. The van der Waals surface area contributed by atoms with Gasteiger partial charge in [0, 0.05) is 68.8 Å². The number of rotatable bonds is 6. The highest BCUT2D eigenvalue weighted by Crippen LogP contribution is 2.52. The molecule has 0 saturated heterocycles. The summed E-state index contributed by atoms with van der Waals surface area (Å²) in [6.07, 6.45) is -40.2. The Bertz CT molecular complexity index is 4220. The van der Waals surface area contributed by atoms with Crippen LogP contribution in [0.15, 0.2) is 158 Å². The Hall–Kier alpha value is -9.24. The van der Waals surface area contributed by atoms with E-state index in [0.29, 0.717) is 0 Å². The van der Waals surface area contributed by atoms with Crippen molar-refractivity contribution in [3.05, 3.63) is 203 Å². The zero-order valence-corrected chi connectivity index (χ0v) is 42.9. The van der Waals surface area contributed by atoms with E-state index >= 15 is 26.3 Å². The first kappa shape index (κ1) is 60.4. The van der Waals surface area contributed by atoms with E-state index in [2.05, 4.69) is 9.97 Å². The van der Waals surface area contributed by atoms with Crippen LogP contribution in [0.4, 0.5) is 105 Å². The van der Waals surface area contributed by atoms with Crippen LogP contribution >= 0.6 is 0 Å². The minimum absolute atomic E-state index is 0.0127. The van der Waals surface area contributed by atoms with Crippen molar-refractivity contribution in [2.75, 3.05) is 0 Å². The van der Waals surface area contributed by atoms with E-state index in [1.165, 1.54) is 58.2 Å². The molecular formula is C60H26F24N4. The van der Waals surface area contributed by atoms with Crippen molar-refractivity contribution in [1.82, 2.24) is 19.1 Å². The highest BCUT2D eigenvalue weighted by atomic mass is 19.4. The molecule has 0 amide bonds. The molecule has 0 aliphatic rings. The molecule has 0 aliphatic heterocycles. The number of nitrogens with zero attached hydrogens (tertiary/aromatic N) is 4. The smallest absolute Gasteiger partial charge is 0.309 e. The number of hydrogen-bond donors (Lipinski definition) is 0. The maximum absolute atomic E-state index is 15.4. The number of halogens is 24. The summed E-state index contributed by atoms with van der Waals surface area (Å²) in [5, 5.41) is 0.265. The van der Waals surface area contributed by atoms with Crippen LogP contribution in [0.25, 0.3) is 99.5 Å². The number of aromatic nitrogens is 4. The molecule has 7 aromatic carbocycles. The third-order valence-electron chi connectivity index (χ3n) is 14.5. The maximum atomic E-state index is 15.4. The molecule has 0 N–H and O–H groups in total.